The van der Waals surface area contributed by atoms with E-state index in [4.69, 9.17) is 0 Å². The number of anilines is 1. The Morgan fingerprint density at radius 2 is 1.42 bits per heavy atom. The maximum atomic E-state index is 13.7. The van der Waals surface area contributed by atoms with Gasteiger partial charge in [0.2, 0.25) is 0 Å². The Morgan fingerprint density at radius 1 is 0.789 bits per heavy atom. The van der Waals surface area contributed by atoms with Gasteiger partial charge >= 0.3 is 0 Å². The van der Waals surface area contributed by atoms with Crippen LogP contribution in [0.25, 0.3) is 10.8 Å². The van der Waals surface area contributed by atoms with Crippen molar-refractivity contribution in [1.29, 1.82) is 0 Å². The maximum absolute atomic E-state index is 13.7. The van der Waals surface area contributed by atoms with Crippen molar-refractivity contribution in [2.75, 3.05) is 5.23 Å². The number of nitrogens with zero attached hydrogens (tertiary/aromatic N) is 2. The van der Waals surface area contributed by atoms with Crippen molar-refractivity contribution in [3.63, 3.8) is 0 Å². The van der Waals surface area contributed by atoms with Crippen molar-refractivity contribution >= 4 is 16.5 Å². The fourth-order valence-corrected chi connectivity index (χ4v) is 1.61. The van der Waals surface area contributed by atoms with Crippen molar-refractivity contribution < 1.29 is 31.0 Å². The highest BCUT2D eigenvalue weighted by Crippen LogP contribution is 2.35. The monoisotopic (exact) mass is 284 g/mol. The molecule has 0 heterocycles. The third kappa shape index (κ3) is 1.95. The average molecular weight is 284 g/mol. The molecule has 0 unspecified atom stereocenters. The second kappa shape index (κ2) is 4.57. The molecule has 2 aromatic carbocycles. The molecule has 2 rings (SSSR count). The molecule has 2 nitrogen and oxygen atoms in total. The van der Waals surface area contributed by atoms with Gasteiger partial charge in [0.1, 0.15) is 5.82 Å². The first kappa shape index (κ1) is 13.4. The third-order valence-electron chi connectivity index (χ3n) is 2.40. The van der Waals surface area contributed by atoms with Crippen LogP contribution in [0.1, 0.15) is 0 Å². The summed E-state index contributed by atoms with van der Waals surface area (Å²) in [4.78, 5) is 0. The molecular formula is C10H3F7N2. The smallest absolute Gasteiger partial charge is 0.190 e. The number of hydrogen-bond donors (Lipinski definition) is 0. The fraction of sp³-hybridized carbons (Fsp3) is 0. The summed E-state index contributed by atoms with van der Waals surface area (Å²) in [6.45, 7) is 0. The minimum Gasteiger partial charge on any atom is -0.206 e. The standard InChI is InChI=1S/C10H3F7N2/c11-5-3-1-2-4-6(5)8(13)9(14)10(7(4)12)18(15)19(16)17/h1-3H. The minimum absolute atomic E-state index is 0.716. The summed E-state index contributed by atoms with van der Waals surface area (Å²) in [7, 11) is 0. The summed E-state index contributed by atoms with van der Waals surface area (Å²) >= 11 is 0. The van der Waals surface area contributed by atoms with Crippen LogP contribution in [0.4, 0.5) is 36.7 Å². The predicted octanol–water partition coefficient (Wildman–Crippen LogP) is 4.07. The molecule has 0 N–H and O–H groups in total. The molecular weight excluding hydrogens is 281 g/mol. The normalized spacial score (nSPS) is 11.4. The second-order valence-electron chi connectivity index (χ2n) is 3.43. The molecule has 2 aromatic rings. The van der Waals surface area contributed by atoms with Gasteiger partial charge in [0.15, 0.2) is 28.6 Å². The summed E-state index contributed by atoms with van der Waals surface area (Å²) < 4.78 is 90.5. The number of fused-ring (bicyclic) bond motifs is 1. The van der Waals surface area contributed by atoms with Gasteiger partial charge in [-0.15, -0.1) is 0 Å². The quantitative estimate of drug-likeness (QED) is 0.355. The van der Waals surface area contributed by atoms with E-state index in [-0.39, 0.29) is 0 Å². The van der Waals surface area contributed by atoms with Gasteiger partial charge in [-0.05, 0) is 6.07 Å². The summed E-state index contributed by atoms with van der Waals surface area (Å²) in [5.74, 6) is -7.38. The van der Waals surface area contributed by atoms with E-state index in [2.05, 4.69) is 0 Å². The lowest BCUT2D eigenvalue weighted by molar-refractivity contribution is -0.197. The van der Waals surface area contributed by atoms with E-state index in [0.717, 1.165) is 12.1 Å². The molecule has 9 heteroatoms. The second-order valence-corrected chi connectivity index (χ2v) is 3.43. The first-order valence-electron chi connectivity index (χ1n) is 4.68. The van der Waals surface area contributed by atoms with Crippen LogP contribution in [0.2, 0.25) is 0 Å². The number of hydrazine groups is 1. The molecule has 0 bridgehead atoms. The van der Waals surface area contributed by atoms with E-state index in [1.165, 1.54) is 0 Å². The van der Waals surface area contributed by atoms with Gasteiger partial charge < -0.3 is 0 Å². The highest BCUT2D eigenvalue weighted by atomic mass is 19.4. The number of benzene rings is 2. The number of rotatable bonds is 2. The van der Waals surface area contributed by atoms with Gasteiger partial charge in [0.25, 0.3) is 0 Å². The Morgan fingerprint density at radius 3 is 2.00 bits per heavy atom. The highest BCUT2D eigenvalue weighted by molar-refractivity contribution is 5.88. The maximum Gasteiger partial charge on any atom is 0.190 e. The van der Waals surface area contributed by atoms with Gasteiger partial charge in [0.05, 0.1) is 5.39 Å². The zero-order valence-corrected chi connectivity index (χ0v) is 8.77. The molecule has 0 saturated carbocycles. The van der Waals surface area contributed by atoms with Gasteiger partial charge in [-0.1, -0.05) is 30.8 Å². The molecule has 0 saturated heterocycles. The van der Waals surface area contributed by atoms with Crippen LogP contribution in [-0.2, 0) is 0 Å². The van der Waals surface area contributed by atoms with E-state index in [0.29, 0.717) is 6.07 Å². The average Bonchev–Trinajstić information content (AvgIpc) is 2.35. The van der Waals surface area contributed by atoms with Gasteiger partial charge in [0, 0.05) is 5.39 Å². The van der Waals surface area contributed by atoms with Crippen LogP contribution in [0.3, 0.4) is 0 Å². The lowest BCUT2D eigenvalue weighted by Gasteiger charge is -2.15. The predicted molar refractivity (Wildman–Crippen MR) is 51.4 cm³/mol. The molecule has 0 aromatic heterocycles. The molecule has 0 spiro atoms. The van der Waals surface area contributed by atoms with Crippen LogP contribution in [0.15, 0.2) is 18.2 Å². The van der Waals surface area contributed by atoms with Crippen molar-refractivity contribution in [2.45, 2.75) is 0 Å². The van der Waals surface area contributed by atoms with E-state index in [1.54, 1.807) is 0 Å². The Kier molecular flexibility index (Phi) is 3.23. The first-order chi connectivity index (χ1) is 8.86. The van der Waals surface area contributed by atoms with Gasteiger partial charge in [-0.2, -0.15) is 0 Å². The summed E-state index contributed by atoms with van der Waals surface area (Å²) in [5, 5.41) is -3.67. The van der Waals surface area contributed by atoms with E-state index in [9.17, 15) is 31.0 Å². The summed E-state index contributed by atoms with van der Waals surface area (Å²) in [6, 6.07) is 2.45. The van der Waals surface area contributed by atoms with Crippen molar-refractivity contribution in [3.8, 4) is 0 Å². The first-order valence-corrected chi connectivity index (χ1v) is 4.68. The SMILES string of the molecule is Fc1c(N(F)N(F)F)c(F)c2cccc(F)c2c1F. The molecule has 0 fully saturated rings. The topological polar surface area (TPSA) is 6.48 Å². The largest absolute Gasteiger partial charge is 0.206 e. The zero-order valence-electron chi connectivity index (χ0n) is 8.77. The fourth-order valence-electron chi connectivity index (χ4n) is 1.61. The van der Waals surface area contributed by atoms with Crippen LogP contribution in [-0.4, -0.2) is 5.45 Å². The van der Waals surface area contributed by atoms with Gasteiger partial charge in [-0.3, -0.25) is 0 Å². The van der Waals surface area contributed by atoms with Crippen LogP contribution in [0, 0.1) is 23.3 Å². The van der Waals surface area contributed by atoms with E-state index in [1.807, 2.05) is 0 Å². The van der Waals surface area contributed by atoms with Crippen molar-refractivity contribution in [1.82, 2.24) is 5.45 Å². The summed E-state index contributed by atoms with van der Waals surface area (Å²) in [6.07, 6.45) is 0. The molecule has 0 amide bonds. The molecule has 0 aliphatic rings. The van der Waals surface area contributed by atoms with Crippen molar-refractivity contribution in [3.05, 3.63) is 41.5 Å². The van der Waals surface area contributed by atoms with Gasteiger partial charge in [-0.25, -0.2) is 17.6 Å². The number of hydrogen-bond acceptors (Lipinski definition) is 2. The van der Waals surface area contributed by atoms with E-state index < -0.39 is 50.4 Å². The van der Waals surface area contributed by atoms with Crippen molar-refractivity contribution in [2.24, 2.45) is 0 Å². The Hall–Kier alpha value is -2.03. The lowest BCUT2D eigenvalue weighted by Crippen LogP contribution is -2.24. The minimum atomic E-state index is -2.29. The van der Waals surface area contributed by atoms with Crippen LogP contribution >= 0.6 is 0 Å². The van der Waals surface area contributed by atoms with Crippen LogP contribution in [0.5, 0.6) is 0 Å². The molecule has 0 aliphatic carbocycles. The molecule has 19 heavy (non-hydrogen) atoms. The zero-order chi connectivity index (χ0) is 14.3. The molecule has 0 radical (unpaired) electrons. The highest BCUT2D eigenvalue weighted by Gasteiger charge is 2.30. The Bertz CT molecular complexity index is 644. The lowest BCUT2D eigenvalue weighted by atomic mass is 10.1. The Labute approximate surface area is 101 Å². The summed E-state index contributed by atoms with van der Waals surface area (Å²) in [5.41, 5.74) is -4.26. The number of halogens is 7. The molecule has 0 atom stereocenters. The third-order valence-corrected chi connectivity index (χ3v) is 2.40. The molecule has 102 valence electrons. The van der Waals surface area contributed by atoms with E-state index >= 15 is 0 Å². The Balaban J connectivity index is 2.89. The van der Waals surface area contributed by atoms with Crippen LogP contribution < -0.4 is 5.23 Å². The molecule has 0 aliphatic heterocycles.